The summed E-state index contributed by atoms with van der Waals surface area (Å²) in [6.45, 7) is 0.534. The van der Waals surface area contributed by atoms with Gasteiger partial charge in [0, 0.05) is 16.6 Å². The minimum Gasteiger partial charge on any atom is -0.506 e. The van der Waals surface area contributed by atoms with Crippen LogP contribution >= 0.6 is 11.6 Å². The van der Waals surface area contributed by atoms with Gasteiger partial charge >= 0.3 is 0 Å². The normalized spacial score (nSPS) is 10.7. The quantitative estimate of drug-likeness (QED) is 0.772. The average molecular weight is 286 g/mol. The monoisotopic (exact) mass is 285 g/mol. The highest BCUT2D eigenvalue weighted by Gasteiger charge is 2.04. The van der Waals surface area contributed by atoms with E-state index in [4.69, 9.17) is 11.6 Å². The topological polar surface area (TPSA) is 58.0 Å². The van der Waals surface area contributed by atoms with Gasteiger partial charge in [0.15, 0.2) is 0 Å². The molecule has 0 atom stereocenters. The summed E-state index contributed by atoms with van der Waals surface area (Å²) in [5.41, 5.74) is 2.56. The Bertz CT molecular complexity index is 744. The zero-order valence-corrected chi connectivity index (χ0v) is 11.3. The molecule has 0 aliphatic heterocycles. The molecule has 4 nitrogen and oxygen atoms in total. The van der Waals surface area contributed by atoms with Crippen molar-refractivity contribution >= 4 is 28.2 Å². The number of aromatic hydroxyl groups is 1. The summed E-state index contributed by atoms with van der Waals surface area (Å²) in [5.74, 6) is 0.156. The largest absolute Gasteiger partial charge is 0.506 e. The molecule has 3 rings (SSSR count). The molecule has 100 valence electrons. The molecule has 5 heteroatoms. The molecule has 0 spiro atoms. The van der Waals surface area contributed by atoms with Crippen LogP contribution < -0.4 is 5.32 Å². The summed E-state index contributed by atoms with van der Waals surface area (Å²) in [5, 5.41) is 14.1. The number of anilines is 1. The van der Waals surface area contributed by atoms with Gasteiger partial charge in [-0.05, 0) is 30.3 Å². The first-order valence-corrected chi connectivity index (χ1v) is 6.52. The molecule has 3 aromatic rings. The molecule has 1 aromatic carbocycles. The molecule has 0 amide bonds. The molecule has 0 fully saturated rings. The van der Waals surface area contributed by atoms with Crippen LogP contribution in [0.15, 0.2) is 48.8 Å². The molecule has 0 unspecified atom stereocenters. The van der Waals surface area contributed by atoms with Gasteiger partial charge in [-0.15, -0.1) is 0 Å². The van der Waals surface area contributed by atoms with Crippen LogP contribution in [0.2, 0.25) is 5.02 Å². The lowest BCUT2D eigenvalue weighted by atomic mass is 10.2. The molecule has 0 aliphatic rings. The van der Waals surface area contributed by atoms with Crippen molar-refractivity contribution in [2.24, 2.45) is 0 Å². The van der Waals surface area contributed by atoms with Crippen LogP contribution in [0.5, 0.6) is 5.75 Å². The highest BCUT2D eigenvalue weighted by atomic mass is 35.5. The second kappa shape index (κ2) is 5.35. The number of nitrogens with one attached hydrogen (secondary N) is 1. The Hall–Kier alpha value is -2.33. The Morgan fingerprint density at radius 1 is 1.15 bits per heavy atom. The van der Waals surface area contributed by atoms with Crippen molar-refractivity contribution in [1.82, 2.24) is 9.97 Å². The number of rotatable bonds is 3. The van der Waals surface area contributed by atoms with E-state index in [0.717, 1.165) is 22.3 Å². The summed E-state index contributed by atoms with van der Waals surface area (Å²) >= 11 is 6.11. The van der Waals surface area contributed by atoms with Crippen molar-refractivity contribution in [3.63, 3.8) is 0 Å². The van der Waals surface area contributed by atoms with Crippen LogP contribution in [0.3, 0.4) is 0 Å². The number of aromatic nitrogens is 2. The maximum Gasteiger partial charge on any atom is 0.133 e. The first-order chi connectivity index (χ1) is 9.72. The van der Waals surface area contributed by atoms with E-state index in [1.807, 2.05) is 24.3 Å². The Morgan fingerprint density at radius 3 is 2.85 bits per heavy atom. The maximum atomic E-state index is 9.21. The van der Waals surface area contributed by atoms with E-state index < -0.39 is 0 Å². The molecule has 2 heterocycles. The number of benzene rings is 1. The van der Waals surface area contributed by atoms with Crippen molar-refractivity contribution in [1.29, 1.82) is 0 Å². The van der Waals surface area contributed by atoms with Crippen LogP contribution in [-0.4, -0.2) is 15.1 Å². The fourth-order valence-corrected chi connectivity index (χ4v) is 2.22. The first kappa shape index (κ1) is 12.7. The van der Waals surface area contributed by atoms with E-state index in [9.17, 15) is 5.11 Å². The van der Waals surface area contributed by atoms with E-state index in [0.29, 0.717) is 11.6 Å². The first-order valence-electron chi connectivity index (χ1n) is 6.14. The van der Waals surface area contributed by atoms with Crippen LogP contribution in [0.4, 0.5) is 5.69 Å². The van der Waals surface area contributed by atoms with Crippen LogP contribution in [0.25, 0.3) is 10.9 Å². The summed E-state index contributed by atoms with van der Waals surface area (Å²) in [7, 11) is 0. The minimum atomic E-state index is 0.156. The Kier molecular flexibility index (Phi) is 3.39. The predicted molar refractivity (Wildman–Crippen MR) is 80.0 cm³/mol. The SMILES string of the molecule is Oc1ccc(CNc2cc(Cl)cc3cccnc23)nc1. The van der Waals surface area contributed by atoms with Gasteiger partial charge in [0.05, 0.1) is 29.6 Å². The van der Waals surface area contributed by atoms with Gasteiger partial charge < -0.3 is 10.4 Å². The van der Waals surface area contributed by atoms with Crippen molar-refractivity contribution in [3.05, 3.63) is 59.5 Å². The van der Waals surface area contributed by atoms with E-state index in [1.165, 1.54) is 6.20 Å². The van der Waals surface area contributed by atoms with Gasteiger partial charge in [0.2, 0.25) is 0 Å². The molecule has 2 N–H and O–H groups in total. The number of fused-ring (bicyclic) bond motifs is 1. The average Bonchev–Trinajstić information content (AvgIpc) is 2.46. The summed E-state index contributed by atoms with van der Waals surface area (Å²) in [4.78, 5) is 8.50. The maximum absolute atomic E-state index is 9.21. The predicted octanol–water partition coefficient (Wildman–Crippen LogP) is 3.60. The molecule has 0 radical (unpaired) electrons. The Labute approximate surface area is 121 Å². The molecule has 0 bridgehead atoms. The Balaban J connectivity index is 1.88. The minimum absolute atomic E-state index is 0.156. The van der Waals surface area contributed by atoms with Crippen molar-refractivity contribution in [2.45, 2.75) is 6.54 Å². The van der Waals surface area contributed by atoms with E-state index in [2.05, 4.69) is 15.3 Å². The number of hydrogen-bond acceptors (Lipinski definition) is 4. The summed E-state index contributed by atoms with van der Waals surface area (Å²) in [6.07, 6.45) is 3.17. The van der Waals surface area contributed by atoms with Gasteiger partial charge in [-0.2, -0.15) is 0 Å². The zero-order chi connectivity index (χ0) is 13.9. The number of pyridine rings is 2. The van der Waals surface area contributed by atoms with Crippen LogP contribution in [-0.2, 0) is 6.54 Å². The molecule has 20 heavy (non-hydrogen) atoms. The molecule has 2 aromatic heterocycles. The van der Waals surface area contributed by atoms with Gasteiger partial charge in [-0.25, -0.2) is 0 Å². The second-order valence-corrected chi connectivity index (χ2v) is 4.83. The fraction of sp³-hybridized carbons (Fsp3) is 0.0667. The lowest BCUT2D eigenvalue weighted by molar-refractivity contribution is 0.472. The highest BCUT2D eigenvalue weighted by molar-refractivity contribution is 6.31. The number of hydrogen-bond donors (Lipinski definition) is 2. The molecule has 0 aliphatic carbocycles. The van der Waals surface area contributed by atoms with Gasteiger partial charge in [0.1, 0.15) is 5.75 Å². The van der Waals surface area contributed by atoms with Crippen molar-refractivity contribution in [2.75, 3.05) is 5.32 Å². The molecule has 0 saturated carbocycles. The molecular formula is C15H12ClN3O. The fourth-order valence-electron chi connectivity index (χ4n) is 2.00. The highest BCUT2D eigenvalue weighted by Crippen LogP contribution is 2.26. The number of nitrogens with zero attached hydrogens (tertiary/aromatic N) is 2. The lowest BCUT2D eigenvalue weighted by Gasteiger charge is -2.09. The lowest BCUT2D eigenvalue weighted by Crippen LogP contribution is -2.02. The third kappa shape index (κ3) is 2.65. The smallest absolute Gasteiger partial charge is 0.133 e. The summed E-state index contributed by atoms with van der Waals surface area (Å²) in [6, 6.07) is 11.0. The van der Waals surface area contributed by atoms with Crippen molar-refractivity contribution in [3.8, 4) is 5.75 Å². The summed E-state index contributed by atoms with van der Waals surface area (Å²) < 4.78 is 0. The number of halogens is 1. The molecular weight excluding hydrogens is 274 g/mol. The van der Waals surface area contributed by atoms with Gasteiger partial charge in [-0.3, -0.25) is 9.97 Å². The molecule has 0 saturated heterocycles. The second-order valence-electron chi connectivity index (χ2n) is 4.39. The standard InChI is InChI=1S/C15H12ClN3O/c16-11-6-10-2-1-5-17-15(10)14(7-11)19-8-12-3-4-13(20)9-18-12/h1-7,9,19-20H,8H2. The third-order valence-corrected chi connectivity index (χ3v) is 3.16. The van der Waals surface area contributed by atoms with E-state index in [-0.39, 0.29) is 5.75 Å². The van der Waals surface area contributed by atoms with Crippen LogP contribution in [0.1, 0.15) is 5.69 Å². The van der Waals surface area contributed by atoms with E-state index in [1.54, 1.807) is 18.3 Å². The van der Waals surface area contributed by atoms with E-state index >= 15 is 0 Å². The van der Waals surface area contributed by atoms with Crippen molar-refractivity contribution < 1.29 is 5.11 Å². The Morgan fingerprint density at radius 2 is 2.05 bits per heavy atom. The third-order valence-electron chi connectivity index (χ3n) is 2.94. The van der Waals surface area contributed by atoms with Crippen LogP contribution in [0, 0.1) is 0 Å². The van der Waals surface area contributed by atoms with Gasteiger partial charge in [0.25, 0.3) is 0 Å². The van der Waals surface area contributed by atoms with Gasteiger partial charge in [-0.1, -0.05) is 17.7 Å². The zero-order valence-electron chi connectivity index (χ0n) is 10.5.